The van der Waals surface area contributed by atoms with Gasteiger partial charge >= 0.3 is 12.1 Å². The molecule has 1 fully saturated rings. The van der Waals surface area contributed by atoms with Gasteiger partial charge in [0.05, 0.1) is 23.6 Å². The Balaban J connectivity index is 1.32. The van der Waals surface area contributed by atoms with Gasteiger partial charge in [-0.3, -0.25) is 9.59 Å². The zero-order chi connectivity index (χ0) is 34.8. The number of hydrogen-bond acceptors (Lipinski definition) is 11. The molecule has 3 atom stereocenters. The molecule has 4 N–H and O–H groups in total. The first-order chi connectivity index (χ1) is 22.8. The predicted molar refractivity (Wildman–Crippen MR) is 175 cm³/mol. The van der Waals surface area contributed by atoms with E-state index in [1.165, 1.54) is 5.06 Å². The van der Waals surface area contributed by atoms with Crippen molar-refractivity contribution in [2.45, 2.75) is 63.8 Å². The van der Waals surface area contributed by atoms with E-state index in [9.17, 15) is 27.9 Å². The first-order valence-corrected chi connectivity index (χ1v) is 16.8. The summed E-state index contributed by atoms with van der Waals surface area (Å²) < 4.78 is 39.4. The number of benzene rings is 2. The van der Waals surface area contributed by atoms with E-state index in [1.807, 2.05) is 56.3 Å². The third kappa shape index (κ3) is 10.5. The fraction of sp³-hybridized carbons (Fsp3) is 0.394. The topological polar surface area (TPSA) is 185 Å². The van der Waals surface area contributed by atoms with Gasteiger partial charge in [0.15, 0.2) is 0 Å². The van der Waals surface area contributed by atoms with Gasteiger partial charge in [0.2, 0.25) is 15.9 Å². The number of carboxylic acids is 1. The summed E-state index contributed by atoms with van der Waals surface area (Å²) in [6.07, 6.45) is 0.631. The molecule has 48 heavy (non-hydrogen) atoms. The maximum Gasteiger partial charge on any atom is 0.528 e. The Kier molecular flexibility index (Phi) is 12.5. The summed E-state index contributed by atoms with van der Waals surface area (Å²) >= 11 is 0. The molecule has 14 nitrogen and oxygen atoms in total. The highest BCUT2D eigenvalue weighted by molar-refractivity contribution is 7.89. The largest absolute Gasteiger partial charge is 0.528 e. The maximum atomic E-state index is 13.1. The number of pyridine rings is 1. The maximum absolute atomic E-state index is 13.1. The minimum absolute atomic E-state index is 0.00631. The highest BCUT2D eigenvalue weighted by atomic mass is 32.2. The lowest BCUT2D eigenvalue weighted by molar-refractivity contribution is -0.143. The van der Waals surface area contributed by atoms with Crippen LogP contribution >= 0.6 is 0 Å². The van der Waals surface area contributed by atoms with E-state index in [1.54, 1.807) is 32.2 Å². The molecule has 1 amide bonds. The molecule has 2 heterocycles. The average Bonchev–Trinajstić information content (AvgIpc) is 3.40. The number of carboxylic acid groups (broad SMARTS) is 1. The number of rotatable bonds is 15. The van der Waals surface area contributed by atoms with Gasteiger partial charge in [-0.05, 0) is 68.5 Å². The molecular formula is C33H41N5O9S. The SMILES string of the molecule is Cc1ccnc(NCC2CC(OCC(=O)NCC(NS(=O)(=O)c3c(C)cc(C)cc3C)C(=O)O)CN2OC(=O)OCc2ccccc2)c1. The van der Waals surface area contributed by atoms with Crippen LogP contribution in [0.4, 0.5) is 10.6 Å². The van der Waals surface area contributed by atoms with Crippen LogP contribution in [-0.2, 0) is 40.5 Å². The lowest BCUT2D eigenvalue weighted by atomic mass is 10.1. The summed E-state index contributed by atoms with van der Waals surface area (Å²) in [5.74, 6) is -1.46. The number of carbonyl (C=O) groups is 3. The number of sulfonamides is 1. The number of aromatic nitrogens is 1. The molecule has 0 spiro atoms. The minimum Gasteiger partial charge on any atom is -0.480 e. The van der Waals surface area contributed by atoms with Crippen LogP contribution < -0.4 is 15.4 Å². The van der Waals surface area contributed by atoms with Crippen molar-refractivity contribution < 1.29 is 42.2 Å². The van der Waals surface area contributed by atoms with Crippen molar-refractivity contribution in [3.63, 3.8) is 0 Å². The van der Waals surface area contributed by atoms with Crippen molar-refractivity contribution in [2.75, 3.05) is 31.6 Å². The predicted octanol–water partition coefficient (Wildman–Crippen LogP) is 3.00. The van der Waals surface area contributed by atoms with Crippen molar-refractivity contribution in [2.24, 2.45) is 0 Å². The third-order valence-electron chi connectivity index (χ3n) is 7.57. The van der Waals surface area contributed by atoms with Crippen molar-refractivity contribution in [1.29, 1.82) is 0 Å². The molecule has 0 saturated carbocycles. The van der Waals surface area contributed by atoms with Crippen molar-refractivity contribution in [1.82, 2.24) is 20.1 Å². The fourth-order valence-corrected chi connectivity index (χ4v) is 7.08. The van der Waals surface area contributed by atoms with Gasteiger partial charge in [-0.1, -0.05) is 48.0 Å². The summed E-state index contributed by atoms with van der Waals surface area (Å²) in [5, 5.41) is 16.8. The molecule has 0 bridgehead atoms. The second kappa shape index (κ2) is 16.5. The summed E-state index contributed by atoms with van der Waals surface area (Å²) in [5.41, 5.74) is 3.64. The van der Waals surface area contributed by atoms with Crippen LogP contribution in [0.25, 0.3) is 0 Å². The van der Waals surface area contributed by atoms with Gasteiger partial charge in [0.25, 0.3) is 0 Å². The Hall–Kier alpha value is -4.57. The van der Waals surface area contributed by atoms with Crippen LogP contribution in [0.3, 0.4) is 0 Å². The first kappa shape index (κ1) is 36.3. The Labute approximate surface area is 279 Å². The van der Waals surface area contributed by atoms with Crippen LogP contribution in [0, 0.1) is 27.7 Å². The number of nitrogens with zero attached hydrogens (tertiary/aromatic N) is 2. The molecule has 3 aromatic rings. The molecule has 2 aromatic carbocycles. The lowest BCUT2D eigenvalue weighted by Gasteiger charge is -2.22. The quantitative estimate of drug-likeness (QED) is 0.172. The van der Waals surface area contributed by atoms with Gasteiger partial charge in [-0.15, -0.1) is 5.06 Å². The van der Waals surface area contributed by atoms with E-state index in [0.717, 1.165) is 16.7 Å². The second-order valence-electron chi connectivity index (χ2n) is 11.7. The lowest BCUT2D eigenvalue weighted by Crippen LogP contribution is -2.49. The normalized spacial score (nSPS) is 17.0. The van der Waals surface area contributed by atoms with Gasteiger partial charge in [-0.25, -0.2) is 18.2 Å². The van der Waals surface area contributed by atoms with E-state index >= 15 is 0 Å². The number of anilines is 1. The fourth-order valence-electron chi connectivity index (χ4n) is 5.43. The molecule has 1 aromatic heterocycles. The van der Waals surface area contributed by atoms with Gasteiger partial charge in [0, 0.05) is 19.3 Å². The number of hydroxylamine groups is 2. The van der Waals surface area contributed by atoms with Crippen LogP contribution in [0.2, 0.25) is 0 Å². The van der Waals surface area contributed by atoms with Gasteiger partial charge in [-0.2, -0.15) is 4.72 Å². The highest BCUT2D eigenvalue weighted by Gasteiger charge is 2.36. The van der Waals surface area contributed by atoms with E-state index in [2.05, 4.69) is 20.3 Å². The molecule has 4 rings (SSSR count). The zero-order valence-corrected chi connectivity index (χ0v) is 28.1. The molecule has 1 saturated heterocycles. The molecule has 3 unspecified atom stereocenters. The highest BCUT2D eigenvalue weighted by Crippen LogP contribution is 2.23. The summed E-state index contributed by atoms with van der Waals surface area (Å²) in [6.45, 7) is 6.59. The zero-order valence-electron chi connectivity index (χ0n) is 27.3. The van der Waals surface area contributed by atoms with Crippen LogP contribution in [0.1, 0.15) is 34.2 Å². The average molecular weight is 684 g/mol. The molecule has 1 aliphatic heterocycles. The molecular weight excluding hydrogens is 642 g/mol. The van der Waals surface area contributed by atoms with Crippen LogP contribution in [-0.4, -0.2) is 86.0 Å². The first-order valence-electron chi connectivity index (χ1n) is 15.3. The monoisotopic (exact) mass is 683 g/mol. The van der Waals surface area contributed by atoms with Crippen LogP contribution in [0.5, 0.6) is 0 Å². The number of hydrogen-bond donors (Lipinski definition) is 4. The van der Waals surface area contributed by atoms with Crippen molar-refractivity contribution in [3.8, 4) is 0 Å². The number of nitrogens with one attached hydrogen (secondary N) is 3. The Morgan fingerprint density at radius 1 is 1.02 bits per heavy atom. The Bertz CT molecular complexity index is 1680. The number of ether oxygens (including phenoxy) is 2. The molecule has 0 radical (unpaired) electrons. The van der Waals surface area contributed by atoms with Crippen molar-refractivity contribution in [3.05, 3.63) is 88.6 Å². The van der Waals surface area contributed by atoms with E-state index in [-0.39, 0.29) is 24.1 Å². The number of carbonyl (C=O) groups excluding carboxylic acids is 2. The molecule has 258 valence electrons. The summed E-state index contributed by atoms with van der Waals surface area (Å²) in [4.78, 5) is 46.9. The minimum atomic E-state index is -4.21. The summed E-state index contributed by atoms with van der Waals surface area (Å²) in [6, 6.07) is 14.3. The Morgan fingerprint density at radius 3 is 2.40 bits per heavy atom. The molecule has 15 heteroatoms. The van der Waals surface area contributed by atoms with Crippen LogP contribution in [0.15, 0.2) is 65.7 Å². The smallest absolute Gasteiger partial charge is 0.480 e. The van der Waals surface area contributed by atoms with Gasteiger partial charge in [0.1, 0.15) is 25.1 Å². The number of aliphatic carboxylic acids is 1. The van der Waals surface area contributed by atoms with E-state index < -0.39 is 53.4 Å². The standard InChI is InChI=1S/C33H41N5O9S/c1-21-10-11-34-29(14-21)35-16-26-15-27(18-38(26)47-33(42)46-19-25-8-6-5-7-9-25)45-20-30(39)36-17-28(32(40)41)37-48(43,44)31-23(3)12-22(2)13-24(31)4/h5-14,26-28,37H,15-20H2,1-4H3,(H,34,35)(H,36,39)(H,40,41). The van der Waals surface area contributed by atoms with Crippen molar-refractivity contribution >= 4 is 33.9 Å². The van der Waals surface area contributed by atoms with Gasteiger partial charge < -0.3 is 30.1 Å². The van der Waals surface area contributed by atoms with E-state index in [4.69, 9.17) is 14.3 Å². The third-order valence-corrected chi connectivity index (χ3v) is 9.35. The molecule has 1 aliphatic rings. The Morgan fingerprint density at radius 2 is 1.73 bits per heavy atom. The van der Waals surface area contributed by atoms with E-state index in [0.29, 0.717) is 29.9 Å². The number of amides is 1. The molecule has 0 aliphatic carbocycles. The number of aryl methyl sites for hydroxylation is 4. The summed E-state index contributed by atoms with van der Waals surface area (Å²) in [7, 11) is -4.21. The second-order valence-corrected chi connectivity index (χ2v) is 13.3.